The molecule has 6 nitrogen and oxygen atoms in total. The van der Waals surface area contributed by atoms with Crippen LogP contribution >= 0.6 is 0 Å². The summed E-state index contributed by atoms with van der Waals surface area (Å²) in [6, 6.07) is -0.722. The van der Waals surface area contributed by atoms with Gasteiger partial charge in [0.15, 0.2) is 0 Å². The minimum atomic E-state index is -0.804. The van der Waals surface area contributed by atoms with Gasteiger partial charge in [-0.15, -0.1) is 0 Å². The molecule has 0 aromatic carbocycles. The quantitative estimate of drug-likeness (QED) is 0.0324. The fraction of sp³-hybridized carbons (Fsp3) is 0.731. The molecule has 1 amide bonds. The third-order valence-corrected chi connectivity index (χ3v) is 10.5. The van der Waals surface area contributed by atoms with Gasteiger partial charge in [0.1, 0.15) is 6.10 Å². The number of carbonyl (C=O) groups excluding carboxylic acids is 2. The van der Waals surface area contributed by atoms with Gasteiger partial charge >= 0.3 is 5.97 Å². The van der Waals surface area contributed by atoms with E-state index < -0.39 is 18.2 Å². The Bertz CT molecular complexity index is 1090. The SMILES string of the molecule is CC/C=C/C/C=C/C/C=C/C/C=C/C/C=C/CCC(=O)OC(CCCCC/C=C\CCC)CC(=O)NC(CO)C(O)CCCCCCCCCCCCCCCCC. The Hall–Kier alpha value is -2.70. The van der Waals surface area contributed by atoms with Crippen molar-refractivity contribution in [3.63, 3.8) is 0 Å². The van der Waals surface area contributed by atoms with Gasteiger partial charge in [-0.25, -0.2) is 0 Å². The van der Waals surface area contributed by atoms with Gasteiger partial charge in [0.05, 0.1) is 25.2 Å². The van der Waals surface area contributed by atoms with E-state index in [1.54, 1.807) is 0 Å². The lowest BCUT2D eigenvalue weighted by atomic mass is 10.0. The van der Waals surface area contributed by atoms with Crippen molar-refractivity contribution < 1.29 is 24.5 Å². The van der Waals surface area contributed by atoms with Crippen LogP contribution in [-0.4, -0.2) is 46.9 Å². The van der Waals surface area contributed by atoms with E-state index in [1.807, 2.05) is 6.08 Å². The second-order valence-corrected chi connectivity index (χ2v) is 16.1. The van der Waals surface area contributed by atoms with E-state index >= 15 is 0 Å². The molecule has 0 aliphatic carbocycles. The van der Waals surface area contributed by atoms with Gasteiger partial charge in [-0.1, -0.05) is 203 Å². The second kappa shape index (κ2) is 45.4. The maximum absolute atomic E-state index is 13.1. The van der Waals surface area contributed by atoms with E-state index in [-0.39, 0.29) is 31.3 Å². The van der Waals surface area contributed by atoms with E-state index in [4.69, 9.17) is 4.74 Å². The number of hydrogen-bond donors (Lipinski definition) is 3. The molecule has 334 valence electrons. The van der Waals surface area contributed by atoms with Crippen molar-refractivity contribution in [1.82, 2.24) is 5.32 Å². The van der Waals surface area contributed by atoms with E-state index in [2.05, 4.69) is 92.9 Å². The molecule has 0 aromatic heterocycles. The molecule has 0 bridgehead atoms. The van der Waals surface area contributed by atoms with Gasteiger partial charge in [-0.05, 0) is 77.0 Å². The minimum Gasteiger partial charge on any atom is -0.462 e. The van der Waals surface area contributed by atoms with E-state index in [1.165, 1.54) is 77.0 Å². The summed E-state index contributed by atoms with van der Waals surface area (Å²) in [5.74, 6) is -0.597. The van der Waals surface area contributed by atoms with Gasteiger partial charge in [0.2, 0.25) is 5.91 Å². The van der Waals surface area contributed by atoms with Crippen molar-refractivity contribution in [2.45, 2.75) is 238 Å². The first-order valence-electron chi connectivity index (χ1n) is 24.2. The summed E-state index contributed by atoms with van der Waals surface area (Å²) in [6.45, 7) is 6.27. The highest BCUT2D eigenvalue weighted by Gasteiger charge is 2.24. The number of aliphatic hydroxyl groups excluding tert-OH is 2. The number of carbonyl (C=O) groups is 2. The first-order chi connectivity index (χ1) is 28.5. The van der Waals surface area contributed by atoms with Crippen LogP contribution in [0, 0.1) is 0 Å². The summed E-state index contributed by atoms with van der Waals surface area (Å²) < 4.78 is 5.84. The summed E-state index contributed by atoms with van der Waals surface area (Å²) in [6.07, 6.45) is 57.0. The van der Waals surface area contributed by atoms with Crippen LogP contribution in [0.5, 0.6) is 0 Å². The van der Waals surface area contributed by atoms with E-state index in [0.29, 0.717) is 19.3 Å². The Morgan fingerprint density at radius 1 is 0.517 bits per heavy atom. The zero-order chi connectivity index (χ0) is 42.4. The van der Waals surface area contributed by atoms with Gasteiger partial charge in [0.25, 0.3) is 0 Å². The van der Waals surface area contributed by atoms with Crippen LogP contribution in [-0.2, 0) is 14.3 Å². The van der Waals surface area contributed by atoms with Crippen LogP contribution in [0.4, 0.5) is 0 Å². The van der Waals surface area contributed by atoms with E-state index in [0.717, 1.165) is 89.9 Å². The van der Waals surface area contributed by atoms with Crippen molar-refractivity contribution in [2.24, 2.45) is 0 Å². The Kier molecular flexibility index (Phi) is 43.3. The van der Waals surface area contributed by atoms with Crippen molar-refractivity contribution in [1.29, 1.82) is 0 Å². The molecule has 0 heterocycles. The summed E-state index contributed by atoms with van der Waals surface area (Å²) in [5, 5.41) is 23.7. The number of nitrogens with one attached hydrogen (secondary N) is 1. The molecule has 6 heteroatoms. The van der Waals surface area contributed by atoms with Gasteiger partial charge in [-0.2, -0.15) is 0 Å². The molecule has 0 spiro atoms. The zero-order valence-corrected chi connectivity index (χ0v) is 37.9. The Morgan fingerprint density at radius 3 is 1.48 bits per heavy atom. The third-order valence-electron chi connectivity index (χ3n) is 10.5. The van der Waals surface area contributed by atoms with Crippen molar-refractivity contribution in [2.75, 3.05) is 6.61 Å². The Balaban J connectivity index is 4.55. The van der Waals surface area contributed by atoms with Crippen LogP contribution in [0.1, 0.15) is 220 Å². The summed E-state index contributed by atoms with van der Waals surface area (Å²) >= 11 is 0. The van der Waals surface area contributed by atoms with Crippen LogP contribution in [0.25, 0.3) is 0 Å². The number of unbranched alkanes of at least 4 members (excludes halogenated alkanes) is 18. The predicted octanol–water partition coefficient (Wildman–Crippen LogP) is 14.2. The molecule has 0 rings (SSSR count). The molecule has 0 saturated carbocycles. The largest absolute Gasteiger partial charge is 0.462 e. The normalized spacial score (nSPS) is 13.9. The molecule has 0 radical (unpaired) electrons. The number of rotatable bonds is 42. The molecular formula is C52H91NO5. The highest BCUT2D eigenvalue weighted by molar-refractivity contribution is 5.77. The molecule has 0 aliphatic rings. The average molecular weight is 810 g/mol. The lowest BCUT2D eigenvalue weighted by Gasteiger charge is -2.24. The average Bonchev–Trinajstić information content (AvgIpc) is 3.22. The van der Waals surface area contributed by atoms with Crippen LogP contribution in [0.2, 0.25) is 0 Å². The predicted molar refractivity (Wildman–Crippen MR) is 250 cm³/mol. The fourth-order valence-corrected chi connectivity index (χ4v) is 6.89. The first kappa shape index (κ1) is 55.3. The summed E-state index contributed by atoms with van der Waals surface area (Å²) in [5.41, 5.74) is 0. The topological polar surface area (TPSA) is 95.9 Å². The molecule has 3 atom stereocenters. The third kappa shape index (κ3) is 40.1. The number of aliphatic hydroxyl groups is 2. The van der Waals surface area contributed by atoms with Crippen LogP contribution in [0.15, 0.2) is 72.9 Å². The minimum absolute atomic E-state index is 0.0337. The van der Waals surface area contributed by atoms with E-state index in [9.17, 15) is 19.8 Å². The molecule has 0 aromatic rings. The Labute approximate surface area is 358 Å². The molecule has 3 N–H and O–H groups in total. The Morgan fingerprint density at radius 2 is 0.966 bits per heavy atom. The van der Waals surface area contributed by atoms with Crippen LogP contribution < -0.4 is 5.32 Å². The number of hydrogen-bond acceptors (Lipinski definition) is 5. The van der Waals surface area contributed by atoms with Crippen molar-refractivity contribution in [3.8, 4) is 0 Å². The summed E-state index contributed by atoms with van der Waals surface area (Å²) in [7, 11) is 0. The molecule has 0 aliphatic heterocycles. The number of esters is 1. The zero-order valence-electron chi connectivity index (χ0n) is 37.9. The molecule has 3 unspecified atom stereocenters. The fourth-order valence-electron chi connectivity index (χ4n) is 6.89. The molecule has 0 fully saturated rings. The maximum atomic E-state index is 13.1. The van der Waals surface area contributed by atoms with Gasteiger partial charge in [0, 0.05) is 6.42 Å². The van der Waals surface area contributed by atoms with Crippen LogP contribution in [0.3, 0.4) is 0 Å². The second-order valence-electron chi connectivity index (χ2n) is 16.1. The first-order valence-corrected chi connectivity index (χ1v) is 24.2. The highest BCUT2D eigenvalue weighted by atomic mass is 16.5. The smallest absolute Gasteiger partial charge is 0.306 e. The van der Waals surface area contributed by atoms with Gasteiger partial charge in [-0.3, -0.25) is 9.59 Å². The molecule has 58 heavy (non-hydrogen) atoms. The van der Waals surface area contributed by atoms with Crippen molar-refractivity contribution in [3.05, 3.63) is 72.9 Å². The van der Waals surface area contributed by atoms with Crippen molar-refractivity contribution >= 4 is 11.9 Å². The lowest BCUT2D eigenvalue weighted by molar-refractivity contribution is -0.150. The summed E-state index contributed by atoms with van der Waals surface area (Å²) in [4.78, 5) is 25.9. The lowest BCUT2D eigenvalue weighted by Crippen LogP contribution is -2.46. The van der Waals surface area contributed by atoms with Gasteiger partial charge < -0.3 is 20.3 Å². The number of ether oxygens (including phenoxy) is 1. The number of allylic oxidation sites excluding steroid dienone is 12. The maximum Gasteiger partial charge on any atom is 0.306 e. The highest BCUT2D eigenvalue weighted by Crippen LogP contribution is 2.17. The molecular weight excluding hydrogens is 719 g/mol. The molecule has 0 saturated heterocycles. The standard InChI is InChI=1S/C52H91NO5/c1-4-7-10-13-16-19-21-23-25-27-29-31-33-36-39-42-45-52(57)58-48(43-40-37-34-18-15-12-9-6-3)46-51(56)53-49(47-54)50(55)44-41-38-35-32-30-28-26-24-22-20-17-14-11-8-5-2/h7,10,12,15-16,19,23,25,29,31,36,39,48-50,54-55H,4-6,8-9,11,13-14,17-18,20-22,24,26-28,30,32-35,37-38,40-47H2,1-3H3,(H,53,56)/b10-7+,15-12-,19-16+,25-23+,31-29+,39-36+. The monoisotopic (exact) mass is 810 g/mol. The number of amides is 1.